The molecule has 9 nitrogen and oxygen atoms in total. The van der Waals surface area contributed by atoms with E-state index in [1.807, 2.05) is 0 Å². The van der Waals surface area contributed by atoms with Crippen LogP contribution in [0.15, 0.2) is 46.1 Å². The van der Waals surface area contributed by atoms with Crippen LogP contribution in [0.4, 0.5) is 0 Å². The zero-order valence-electron chi connectivity index (χ0n) is 20.8. The van der Waals surface area contributed by atoms with Gasteiger partial charge in [-0.15, -0.1) is 11.3 Å². The van der Waals surface area contributed by atoms with Gasteiger partial charge in [0.1, 0.15) is 11.1 Å². The number of allylic oxidation sites excluding steroid dienone is 1. The number of carbonyl (C=O) groups is 3. The molecule has 37 heavy (non-hydrogen) atoms. The second-order valence-corrected chi connectivity index (χ2v) is 9.36. The highest BCUT2D eigenvalue weighted by Gasteiger charge is 2.42. The second-order valence-electron chi connectivity index (χ2n) is 7.69. The van der Waals surface area contributed by atoms with Crippen LogP contribution >= 0.6 is 34.5 Å². The van der Waals surface area contributed by atoms with Crippen LogP contribution < -0.4 is 5.32 Å². The lowest BCUT2D eigenvalue weighted by Crippen LogP contribution is -2.35. The quantitative estimate of drug-likeness (QED) is 0.331. The Kier molecular flexibility index (Phi) is 9.72. The number of dihydropyridines is 1. The van der Waals surface area contributed by atoms with Crippen LogP contribution in [-0.2, 0) is 28.5 Å². The summed E-state index contributed by atoms with van der Waals surface area (Å²) >= 11 is 14.1. The van der Waals surface area contributed by atoms with E-state index in [1.165, 1.54) is 14.2 Å². The SMILES string of the molecule is CCOC(=O)C1=C(C(OC)c2nc(C(=O)OCC)cs2)NC(C)=C(C(=O)OC)C1c1cccc(Cl)c1Cl. The van der Waals surface area contributed by atoms with Crippen molar-refractivity contribution in [3.63, 3.8) is 0 Å². The Morgan fingerprint density at radius 3 is 2.35 bits per heavy atom. The number of nitrogens with zero attached hydrogens (tertiary/aromatic N) is 1. The number of carbonyl (C=O) groups excluding carboxylic acids is 3. The maximum Gasteiger partial charge on any atom is 0.357 e. The fourth-order valence-electron chi connectivity index (χ4n) is 3.98. The number of benzene rings is 1. The number of aromatic nitrogens is 1. The molecule has 0 fully saturated rings. The number of hydrogen-bond donors (Lipinski definition) is 1. The third-order valence-corrected chi connectivity index (χ3v) is 7.24. The lowest BCUT2D eigenvalue weighted by atomic mass is 9.79. The Morgan fingerprint density at radius 2 is 1.73 bits per heavy atom. The summed E-state index contributed by atoms with van der Waals surface area (Å²) in [5.41, 5.74) is 1.40. The van der Waals surface area contributed by atoms with Crippen molar-refractivity contribution in [2.24, 2.45) is 0 Å². The fourth-order valence-corrected chi connectivity index (χ4v) is 5.27. The molecule has 3 rings (SSSR count). The van der Waals surface area contributed by atoms with Gasteiger partial charge >= 0.3 is 17.9 Å². The lowest BCUT2D eigenvalue weighted by molar-refractivity contribution is -0.139. The molecule has 0 saturated carbocycles. The van der Waals surface area contributed by atoms with E-state index in [9.17, 15) is 14.4 Å². The van der Waals surface area contributed by atoms with Gasteiger partial charge in [0.05, 0.1) is 53.1 Å². The Balaban J connectivity index is 2.30. The topological polar surface area (TPSA) is 113 Å². The zero-order valence-corrected chi connectivity index (χ0v) is 23.2. The molecule has 0 saturated heterocycles. The van der Waals surface area contributed by atoms with Gasteiger partial charge in [-0.05, 0) is 32.4 Å². The maximum absolute atomic E-state index is 13.5. The highest BCUT2D eigenvalue weighted by Crippen LogP contribution is 2.46. The molecule has 1 aliphatic heterocycles. The highest BCUT2D eigenvalue weighted by atomic mass is 35.5. The van der Waals surface area contributed by atoms with Crippen molar-refractivity contribution in [1.82, 2.24) is 10.3 Å². The van der Waals surface area contributed by atoms with Crippen LogP contribution in [0, 0.1) is 0 Å². The first-order valence-electron chi connectivity index (χ1n) is 11.3. The van der Waals surface area contributed by atoms with E-state index < -0.39 is 29.9 Å². The van der Waals surface area contributed by atoms with Crippen molar-refractivity contribution in [1.29, 1.82) is 0 Å². The molecule has 2 aromatic rings. The van der Waals surface area contributed by atoms with E-state index in [0.29, 0.717) is 16.3 Å². The largest absolute Gasteiger partial charge is 0.466 e. The number of methoxy groups -OCH3 is 2. The van der Waals surface area contributed by atoms with Gasteiger partial charge in [0.25, 0.3) is 0 Å². The summed E-state index contributed by atoms with van der Waals surface area (Å²) in [5.74, 6) is -2.95. The predicted molar refractivity (Wildman–Crippen MR) is 139 cm³/mol. The minimum Gasteiger partial charge on any atom is -0.466 e. The molecule has 0 amide bonds. The van der Waals surface area contributed by atoms with Gasteiger partial charge in [0.2, 0.25) is 0 Å². The molecule has 0 radical (unpaired) electrons. The van der Waals surface area contributed by atoms with E-state index >= 15 is 0 Å². The number of esters is 3. The highest BCUT2D eigenvalue weighted by molar-refractivity contribution is 7.09. The lowest BCUT2D eigenvalue weighted by Gasteiger charge is -2.34. The monoisotopic (exact) mass is 568 g/mol. The normalized spacial score (nSPS) is 16.2. The summed E-state index contributed by atoms with van der Waals surface area (Å²) in [6.07, 6.45) is -0.929. The molecule has 198 valence electrons. The average molecular weight is 569 g/mol. The molecule has 1 aromatic carbocycles. The first-order chi connectivity index (χ1) is 17.7. The van der Waals surface area contributed by atoms with Gasteiger partial charge in [-0.3, -0.25) is 0 Å². The number of halogens is 2. The van der Waals surface area contributed by atoms with Crippen LogP contribution in [0.25, 0.3) is 0 Å². The molecule has 0 bridgehead atoms. The van der Waals surface area contributed by atoms with Crippen molar-refractivity contribution in [3.05, 3.63) is 72.4 Å². The van der Waals surface area contributed by atoms with Gasteiger partial charge in [-0.2, -0.15) is 0 Å². The first-order valence-corrected chi connectivity index (χ1v) is 12.9. The van der Waals surface area contributed by atoms with Gasteiger partial charge in [-0.1, -0.05) is 35.3 Å². The van der Waals surface area contributed by atoms with Gasteiger partial charge in [0, 0.05) is 18.2 Å². The summed E-state index contributed by atoms with van der Waals surface area (Å²) in [7, 11) is 2.68. The molecule has 0 aliphatic carbocycles. The van der Waals surface area contributed by atoms with Crippen LogP contribution in [0.3, 0.4) is 0 Å². The van der Waals surface area contributed by atoms with Gasteiger partial charge in [0.15, 0.2) is 5.69 Å². The number of hydrogen-bond acceptors (Lipinski definition) is 10. The minimum atomic E-state index is -1.00. The molecule has 1 aliphatic rings. The van der Waals surface area contributed by atoms with Crippen LogP contribution in [-0.4, -0.2) is 50.3 Å². The van der Waals surface area contributed by atoms with Crippen molar-refractivity contribution in [2.75, 3.05) is 27.4 Å². The molecule has 2 unspecified atom stereocenters. The Morgan fingerprint density at radius 1 is 1.05 bits per heavy atom. The summed E-state index contributed by atoms with van der Waals surface area (Å²) in [5, 5.41) is 5.45. The zero-order chi connectivity index (χ0) is 27.3. The smallest absolute Gasteiger partial charge is 0.357 e. The predicted octanol–water partition coefficient (Wildman–Crippen LogP) is 4.97. The third-order valence-electron chi connectivity index (χ3n) is 5.52. The Labute approximate surface area is 228 Å². The Hall–Kier alpha value is -2.92. The number of ether oxygens (including phenoxy) is 4. The summed E-state index contributed by atoms with van der Waals surface area (Å²) < 4.78 is 21.3. The minimum absolute atomic E-state index is 0.0664. The standard InChI is InChI=1S/C25H26Cl2N2O7S/c1-6-35-23(30)15-11-37-22(29-15)21(33-4)20-18(25(32)36-7-2)17(13-9-8-10-14(26)19(13)27)16(12(3)28-20)24(31)34-5/h8-11,17,21,28H,6-7H2,1-5H3. The fraction of sp³-hybridized carbons (Fsp3) is 0.360. The van der Waals surface area contributed by atoms with E-state index in [4.69, 9.17) is 42.1 Å². The Bertz CT molecular complexity index is 1270. The number of thiazole rings is 1. The summed E-state index contributed by atoms with van der Waals surface area (Å²) in [6.45, 7) is 5.29. The van der Waals surface area contributed by atoms with Gasteiger partial charge in [-0.25, -0.2) is 19.4 Å². The van der Waals surface area contributed by atoms with Crippen LogP contribution in [0.2, 0.25) is 10.0 Å². The third kappa shape index (κ3) is 5.82. The molecule has 2 atom stereocenters. The molecule has 12 heteroatoms. The summed E-state index contributed by atoms with van der Waals surface area (Å²) in [4.78, 5) is 43.0. The van der Waals surface area contributed by atoms with Gasteiger partial charge < -0.3 is 24.3 Å². The van der Waals surface area contributed by atoms with E-state index in [2.05, 4.69) is 10.3 Å². The molecule has 1 N–H and O–H groups in total. The van der Waals surface area contributed by atoms with Crippen molar-refractivity contribution < 1.29 is 33.3 Å². The first kappa shape index (κ1) is 28.6. The number of nitrogens with one attached hydrogen (secondary N) is 1. The average Bonchev–Trinajstić information content (AvgIpc) is 3.36. The number of rotatable bonds is 9. The molecule has 1 aromatic heterocycles. The second kappa shape index (κ2) is 12.6. The molecular formula is C25H26Cl2N2O7S. The molecular weight excluding hydrogens is 543 g/mol. The molecule has 0 spiro atoms. The van der Waals surface area contributed by atoms with E-state index in [1.54, 1.807) is 44.4 Å². The summed E-state index contributed by atoms with van der Waals surface area (Å²) in [6, 6.07) is 4.93. The van der Waals surface area contributed by atoms with E-state index in [0.717, 1.165) is 11.3 Å². The van der Waals surface area contributed by atoms with Crippen LogP contribution in [0.5, 0.6) is 0 Å². The van der Waals surface area contributed by atoms with Crippen molar-refractivity contribution in [2.45, 2.75) is 32.8 Å². The van der Waals surface area contributed by atoms with Crippen molar-refractivity contribution >= 4 is 52.4 Å². The molecule has 2 heterocycles. The van der Waals surface area contributed by atoms with Crippen LogP contribution in [0.1, 0.15) is 53.9 Å². The van der Waals surface area contributed by atoms with E-state index in [-0.39, 0.29) is 45.8 Å². The van der Waals surface area contributed by atoms with Crippen molar-refractivity contribution in [3.8, 4) is 0 Å². The maximum atomic E-state index is 13.5.